The SMILES string of the molecule is Clc1ccc(-c2ccc(/C=N\NCc3c(Cl)cccc3Cl)o2)cc1Cl. The van der Waals surface area contributed by atoms with E-state index in [-0.39, 0.29) is 0 Å². The number of hydrogen-bond donors (Lipinski definition) is 1. The van der Waals surface area contributed by atoms with E-state index >= 15 is 0 Å². The molecule has 0 saturated heterocycles. The van der Waals surface area contributed by atoms with Crippen molar-refractivity contribution in [2.75, 3.05) is 0 Å². The van der Waals surface area contributed by atoms with Gasteiger partial charge in [-0.3, -0.25) is 0 Å². The first-order chi connectivity index (χ1) is 12.0. The molecule has 0 radical (unpaired) electrons. The highest BCUT2D eigenvalue weighted by Gasteiger charge is 2.07. The summed E-state index contributed by atoms with van der Waals surface area (Å²) in [4.78, 5) is 0. The molecule has 0 amide bonds. The number of nitrogens with one attached hydrogen (secondary N) is 1. The quantitative estimate of drug-likeness (QED) is 0.374. The van der Waals surface area contributed by atoms with Gasteiger partial charge in [0.15, 0.2) is 0 Å². The second-order valence-corrected chi connectivity index (χ2v) is 6.75. The molecule has 7 heteroatoms. The van der Waals surface area contributed by atoms with Crippen molar-refractivity contribution in [3.05, 3.63) is 79.9 Å². The molecule has 2 aromatic carbocycles. The fourth-order valence-corrected chi connectivity index (χ4v) is 2.99. The Morgan fingerprint density at radius 3 is 2.36 bits per heavy atom. The van der Waals surface area contributed by atoms with E-state index in [9.17, 15) is 0 Å². The van der Waals surface area contributed by atoms with Crippen molar-refractivity contribution >= 4 is 52.6 Å². The van der Waals surface area contributed by atoms with Gasteiger partial charge in [0.05, 0.1) is 22.8 Å². The van der Waals surface area contributed by atoms with Crippen molar-refractivity contribution in [3.8, 4) is 11.3 Å². The summed E-state index contributed by atoms with van der Waals surface area (Å²) in [5.41, 5.74) is 4.53. The average Bonchev–Trinajstić information content (AvgIpc) is 3.05. The molecule has 3 aromatic rings. The predicted molar refractivity (Wildman–Crippen MR) is 105 cm³/mol. The molecule has 0 aliphatic rings. The highest BCUT2D eigenvalue weighted by Crippen LogP contribution is 2.29. The van der Waals surface area contributed by atoms with Crippen molar-refractivity contribution in [1.82, 2.24) is 5.43 Å². The third-order valence-corrected chi connectivity index (χ3v) is 4.88. The molecule has 0 fully saturated rings. The summed E-state index contributed by atoms with van der Waals surface area (Å²) in [6.45, 7) is 0.412. The van der Waals surface area contributed by atoms with E-state index < -0.39 is 0 Å². The van der Waals surface area contributed by atoms with Crippen molar-refractivity contribution < 1.29 is 4.42 Å². The van der Waals surface area contributed by atoms with E-state index in [4.69, 9.17) is 50.8 Å². The maximum atomic E-state index is 6.11. The number of benzene rings is 2. The van der Waals surface area contributed by atoms with Crippen LogP contribution in [-0.4, -0.2) is 6.21 Å². The number of hydrazone groups is 1. The zero-order chi connectivity index (χ0) is 17.8. The van der Waals surface area contributed by atoms with Gasteiger partial charge in [0.25, 0.3) is 0 Å². The lowest BCUT2D eigenvalue weighted by molar-refractivity contribution is 0.573. The van der Waals surface area contributed by atoms with E-state index in [0.717, 1.165) is 11.1 Å². The molecule has 0 bridgehead atoms. The van der Waals surface area contributed by atoms with E-state index in [1.165, 1.54) is 0 Å². The van der Waals surface area contributed by atoms with Gasteiger partial charge in [-0.1, -0.05) is 52.5 Å². The number of hydrogen-bond acceptors (Lipinski definition) is 3. The summed E-state index contributed by atoms with van der Waals surface area (Å²) in [6.07, 6.45) is 1.58. The standard InChI is InChI=1S/C18H12Cl4N2O/c19-14-2-1-3-15(20)13(14)10-24-23-9-12-5-7-18(25-12)11-4-6-16(21)17(22)8-11/h1-9,24H,10H2/b23-9-. The lowest BCUT2D eigenvalue weighted by Crippen LogP contribution is -2.06. The Hall–Kier alpha value is -1.65. The monoisotopic (exact) mass is 412 g/mol. The molecule has 1 N–H and O–H groups in total. The van der Waals surface area contributed by atoms with Crippen LogP contribution in [-0.2, 0) is 6.54 Å². The van der Waals surface area contributed by atoms with Crippen LogP contribution in [0.3, 0.4) is 0 Å². The predicted octanol–water partition coefficient (Wildman–Crippen LogP) is 6.68. The van der Waals surface area contributed by atoms with Crippen LogP contribution in [0, 0.1) is 0 Å². The average molecular weight is 414 g/mol. The molecule has 0 aliphatic heterocycles. The molecule has 0 unspecified atom stereocenters. The molecule has 0 spiro atoms. The van der Waals surface area contributed by atoms with Crippen molar-refractivity contribution in [2.45, 2.75) is 6.54 Å². The third kappa shape index (κ3) is 4.50. The van der Waals surface area contributed by atoms with E-state index in [0.29, 0.717) is 38.2 Å². The molecule has 1 aromatic heterocycles. The highest BCUT2D eigenvalue weighted by atomic mass is 35.5. The van der Waals surface area contributed by atoms with E-state index in [1.807, 2.05) is 18.2 Å². The molecule has 0 atom stereocenters. The maximum Gasteiger partial charge on any atom is 0.147 e. The van der Waals surface area contributed by atoms with Gasteiger partial charge in [0.1, 0.15) is 11.5 Å². The van der Waals surface area contributed by atoms with Gasteiger partial charge in [0, 0.05) is 21.2 Å². The van der Waals surface area contributed by atoms with Crippen molar-refractivity contribution in [1.29, 1.82) is 0 Å². The van der Waals surface area contributed by atoms with Gasteiger partial charge in [-0.05, 0) is 42.5 Å². The molecule has 1 heterocycles. The first-order valence-corrected chi connectivity index (χ1v) is 8.80. The molecule has 3 nitrogen and oxygen atoms in total. The molecular weight excluding hydrogens is 402 g/mol. The van der Waals surface area contributed by atoms with Crippen LogP contribution in [0.15, 0.2) is 58.0 Å². The maximum absolute atomic E-state index is 6.11. The smallest absolute Gasteiger partial charge is 0.147 e. The summed E-state index contributed by atoms with van der Waals surface area (Å²) >= 11 is 24.2. The Labute approximate surface area is 165 Å². The van der Waals surface area contributed by atoms with Crippen LogP contribution in [0.5, 0.6) is 0 Å². The van der Waals surface area contributed by atoms with E-state index in [1.54, 1.807) is 36.5 Å². The number of rotatable bonds is 5. The second-order valence-electron chi connectivity index (χ2n) is 5.12. The first kappa shape index (κ1) is 18.2. The fourth-order valence-electron chi connectivity index (χ4n) is 2.16. The van der Waals surface area contributed by atoms with Crippen LogP contribution in [0.25, 0.3) is 11.3 Å². The van der Waals surface area contributed by atoms with E-state index in [2.05, 4.69) is 10.5 Å². The molecular formula is C18H12Cl4N2O. The van der Waals surface area contributed by atoms with Gasteiger partial charge < -0.3 is 9.84 Å². The van der Waals surface area contributed by atoms with Gasteiger partial charge in [-0.15, -0.1) is 0 Å². The molecule has 0 aliphatic carbocycles. The first-order valence-electron chi connectivity index (χ1n) is 7.28. The Balaban J connectivity index is 1.65. The largest absolute Gasteiger partial charge is 0.455 e. The van der Waals surface area contributed by atoms with Gasteiger partial charge in [-0.25, -0.2) is 0 Å². The summed E-state index contributed by atoms with van der Waals surface area (Å²) < 4.78 is 5.72. The fraction of sp³-hybridized carbons (Fsp3) is 0.0556. The molecule has 0 saturated carbocycles. The third-order valence-electron chi connectivity index (χ3n) is 3.43. The summed E-state index contributed by atoms with van der Waals surface area (Å²) in [7, 11) is 0. The summed E-state index contributed by atoms with van der Waals surface area (Å²) in [5.74, 6) is 1.27. The molecule has 3 rings (SSSR count). The van der Waals surface area contributed by atoms with Crippen LogP contribution in [0.2, 0.25) is 20.1 Å². The highest BCUT2D eigenvalue weighted by molar-refractivity contribution is 6.42. The zero-order valence-electron chi connectivity index (χ0n) is 12.8. The minimum absolute atomic E-state index is 0.412. The van der Waals surface area contributed by atoms with Crippen LogP contribution in [0.1, 0.15) is 11.3 Å². The minimum atomic E-state index is 0.412. The topological polar surface area (TPSA) is 37.5 Å². The Kier molecular flexibility index (Phi) is 5.92. The van der Waals surface area contributed by atoms with Gasteiger partial charge in [0.2, 0.25) is 0 Å². The molecule has 25 heavy (non-hydrogen) atoms. The Morgan fingerprint density at radius 2 is 1.64 bits per heavy atom. The normalized spacial score (nSPS) is 11.2. The Bertz CT molecular complexity index is 901. The zero-order valence-corrected chi connectivity index (χ0v) is 15.8. The summed E-state index contributed by atoms with van der Waals surface area (Å²) in [6, 6.07) is 14.3. The van der Waals surface area contributed by atoms with Crippen LogP contribution < -0.4 is 5.43 Å². The number of nitrogens with zero attached hydrogens (tertiary/aromatic N) is 1. The van der Waals surface area contributed by atoms with Crippen LogP contribution >= 0.6 is 46.4 Å². The van der Waals surface area contributed by atoms with Gasteiger partial charge in [-0.2, -0.15) is 5.10 Å². The van der Waals surface area contributed by atoms with Crippen molar-refractivity contribution in [3.63, 3.8) is 0 Å². The lowest BCUT2D eigenvalue weighted by Gasteiger charge is -2.05. The molecule has 128 valence electrons. The van der Waals surface area contributed by atoms with Crippen LogP contribution in [0.4, 0.5) is 0 Å². The minimum Gasteiger partial charge on any atom is -0.455 e. The van der Waals surface area contributed by atoms with Crippen molar-refractivity contribution in [2.24, 2.45) is 5.10 Å². The summed E-state index contributed by atoms with van der Waals surface area (Å²) in [5, 5.41) is 6.29. The number of halogens is 4. The lowest BCUT2D eigenvalue weighted by atomic mass is 10.2. The second kappa shape index (κ2) is 8.15. The Morgan fingerprint density at radius 1 is 0.880 bits per heavy atom. The number of furan rings is 1. The van der Waals surface area contributed by atoms with Gasteiger partial charge >= 0.3 is 0 Å².